The van der Waals surface area contributed by atoms with Gasteiger partial charge in [-0.3, -0.25) is 39.1 Å². The number of anilines is 2. The summed E-state index contributed by atoms with van der Waals surface area (Å²) in [7, 11) is 0. The molecule has 1 aliphatic carbocycles. The van der Waals surface area contributed by atoms with Crippen LogP contribution < -0.4 is 20.4 Å². The van der Waals surface area contributed by atoms with Gasteiger partial charge in [0.15, 0.2) is 0 Å². The summed E-state index contributed by atoms with van der Waals surface area (Å²) >= 11 is 0. The number of nitrogens with zero attached hydrogens (tertiary/aromatic N) is 4. The van der Waals surface area contributed by atoms with E-state index in [1.54, 1.807) is 12.1 Å². The molecule has 11 heteroatoms. The number of carbonyl (C=O) groups excluding carboxylic acids is 5. The van der Waals surface area contributed by atoms with Gasteiger partial charge in [-0.05, 0) is 74.6 Å². The van der Waals surface area contributed by atoms with Crippen molar-refractivity contribution >= 4 is 40.9 Å². The molecule has 4 fully saturated rings. The average Bonchev–Trinajstić information content (AvgIpc) is 3.33. The Balaban J connectivity index is 0.900. The fraction of sp³-hybridized carbons (Fsp3) is 0.514. The first-order valence-electron chi connectivity index (χ1n) is 16.9. The maximum absolute atomic E-state index is 13.3. The monoisotopic (exact) mass is 626 g/mol. The second kappa shape index (κ2) is 12.9. The van der Waals surface area contributed by atoms with Crippen LogP contribution in [-0.2, 0) is 9.59 Å². The van der Waals surface area contributed by atoms with Crippen molar-refractivity contribution in [1.82, 2.24) is 20.4 Å². The Hall–Kier alpha value is -4.25. The Kier molecular flexibility index (Phi) is 8.50. The van der Waals surface area contributed by atoms with Crippen LogP contribution in [0, 0.1) is 0 Å². The van der Waals surface area contributed by atoms with E-state index in [4.69, 9.17) is 0 Å². The van der Waals surface area contributed by atoms with Gasteiger partial charge in [-0.2, -0.15) is 0 Å². The Morgan fingerprint density at radius 1 is 0.696 bits per heavy atom. The quantitative estimate of drug-likeness (QED) is 0.470. The van der Waals surface area contributed by atoms with E-state index in [2.05, 4.69) is 37.5 Å². The van der Waals surface area contributed by atoms with Gasteiger partial charge in [-0.25, -0.2) is 0 Å². The maximum atomic E-state index is 13.3. The number of carbonyl (C=O) groups is 5. The first-order chi connectivity index (χ1) is 22.4. The normalized spacial score (nSPS) is 23.5. The van der Waals surface area contributed by atoms with E-state index in [1.165, 1.54) is 24.9 Å². The number of piperidine rings is 2. The Labute approximate surface area is 269 Å². The van der Waals surface area contributed by atoms with Crippen molar-refractivity contribution in [2.75, 3.05) is 49.1 Å². The zero-order chi connectivity index (χ0) is 31.8. The summed E-state index contributed by atoms with van der Waals surface area (Å²) in [5, 5.41) is 5.45. The topological polar surface area (TPSA) is 122 Å². The Morgan fingerprint density at radius 2 is 1.35 bits per heavy atom. The predicted octanol–water partition coefficient (Wildman–Crippen LogP) is 2.94. The van der Waals surface area contributed by atoms with Crippen molar-refractivity contribution < 1.29 is 24.0 Å². The molecule has 1 atom stereocenters. The van der Waals surface area contributed by atoms with Crippen LogP contribution in [0.15, 0.2) is 42.5 Å². The number of amides is 5. The Bertz CT molecular complexity index is 1520. The van der Waals surface area contributed by atoms with Crippen LogP contribution in [0.4, 0.5) is 11.4 Å². The van der Waals surface area contributed by atoms with Gasteiger partial charge < -0.3 is 15.1 Å². The number of benzene rings is 2. The molecule has 0 bridgehead atoms. The molecule has 4 aliphatic heterocycles. The molecule has 1 unspecified atom stereocenters. The number of piperazine rings is 1. The van der Waals surface area contributed by atoms with E-state index in [0.29, 0.717) is 23.2 Å². The largest absolute Gasteiger partial charge is 0.371 e. The third kappa shape index (κ3) is 6.00. The van der Waals surface area contributed by atoms with E-state index >= 15 is 0 Å². The van der Waals surface area contributed by atoms with Crippen LogP contribution in [0.3, 0.4) is 0 Å². The second-order valence-corrected chi connectivity index (χ2v) is 13.3. The first kappa shape index (κ1) is 30.4. The molecule has 7 rings (SSSR count). The molecule has 2 aromatic carbocycles. The molecule has 3 saturated heterocycles. The van der Waals surface area contributed by atoms with Gasteiger partial charge in [0.05, 0.1) is 11.1 Å². The molecule has 5 amide bonds. The molecule has 1 saturated carbocycles. The van der Waals surface area contributed by atoms with Crippen LogP contribution >= 0.6 is 0 Å². The summed E-state index contributed by atoms with van der Waals surface area (Å²) in [4.78, 5) is 71.3. The number of hydrogen-bond acceptors (Lipinski definition) is 8. The molecule has 0 radical (unpaired) electrons. The summed E-state index contributed by atoms with van der Waals surface area (Å²) in [6, 6.07) is 13.3. The summed E-state index contributed by atoms with van der Waals surface area (Å²) in [6.07, 6.45) is 8.24. The second-order valence-electron chi connectivity index (χ2n) is 13.3. The van der Waals surface area contributed by atoms with E-state index in [0.717, 1.165) is 81.1 Å². The van der Waals surface area contributed by atoms with Gasteiger partial charge in [-0.1, -0.05) is 19.3 Å². The molecule has 2 aromatic rings. The summed E-state index contributed by atoms with van der Waals surface area (Å²) < 4.78 is 0. The smallest absolute Gasteiger partial charge is 0.262 e. The van der Waals surface area contributed by atoms with E-state index in [9.17, 15) is 24.0 Å². The molecule has 0 aromatic heterocycles. The fourth-order valence-electron chi connectivity index (χ4n) is 7.83. The van der Waals surface area contributed by atoms with Crippen molar-refractivity contribution in [2.45, 2.75) is 75.9 Å². The van der Waals surface area contributed by atoms with Crippen LogP contribution in [0.5, 0.6) is 0 Å². The van der Waals surface area contributed by atoms with E-state index in [-0.39, 0.29) is 24.7 Å². The number of imide groups is 2. The van der Waals surface area contributed by atoms with Crippen molar-refractivity contribution in [3.8, 4) is 0 Å². The highest BCUT2D eigenvalue weighted by Gasteiger charge is 2.45. The molecule has 5 aliphatic rings. The predicted molar refractivity (Wildman–Crippen MR) is 173 cm³/mol. The van der Waals surface area contributed by atoms with E-state index in [1.807, 2.05) is 18.2 Å². The van der Waals surface area contributed by atoms with Crippen molar-refractivity contribution in [3.05, 3.63) is 59.2 Å². The summed E-state index contributed by atoms with van der Waals surface area (Å²) in [5.41, 5.74) is 3.42. The maximum Gasteiger partial charge on any atom is 0.262 e. The molecule has 0 spiro atoms. The van der Waals surface area contributed by atoms with Gasteiger partial charge in [0.25, 0.3) is 17.7 Å². The minimum atomic E-state index is -0.958. The molecular formula is C35H42N6O5. The molecule has 46 heavy (non-hydrogen) atoms. The van der Waals surface area contributed by atoms with Gasteiger partial charge in [0.1, 0.15) is 6.04 Å². The van der Waals surface area contributed by atoms with Crippen LogP contribution in [0.25, 0.3) is 0 Å². The number of nitrogens with one attached hydrogen (secondary N) is 2. The highest BCUT2D eigenvalue weighted by atomic mass is 16.2. The highest BCUT2D eigenvalue weighted by Crippen LogP contribution is 2.32. The van der Waals surface area contributed by atoms with Crippen molar-refractivity contribution in [2.24, 2.45) is 0 Å². The third-order valence-electron chi connectivity index (χ3n) is 10.5. The first-order valence-corrected chi connectivity index (χ1v) is 16.9. The lowest BCUT2D eigenvalue weighted by Gasteiger charge is -2.44. The van der Waals surface area contributed by atoms with Gasteiger partial charge in [-0.15, -0.1) is 0 Å². The lowest BCUT2D eigenvalue weighted by molar-refractivity contribution is -0.136. The van der Waals surface area contributed by atoms with Crippen molar-refractivity contribution in [3.63, 3.8) is 0 Å². The molecule has 4 heterocycles. The van der Waals surface area contributed by atoms with E-state index < -0.39 is 23.8 Å². The summed E-state index contributed by atoms with van der Waals surface area (Å²) in [5.74, 6) is -1.90. The highest BCUT2D eigenvalue weighted by molar-refractivity contribution is 6.23. The van der Waals surface area contributed by atoms with Gasteiger partial charge >= 0.3 is 0 Å². The van der Waals surface area contributed by atoms with Crippen molar-refractivity contribution in [1.29, 1.82) is 0 Å². The lowest BCUT2D eigenvalue weighted by Crippen LogP contribution is -2.54. The average molecular weight is 627 g/mol. The van der Waals surface area contributed by atoms with Crippen LogP contribution in [0.2, 0.25) is 0 Å². The lowest BCUT2D eigenvalue weighted by atomic mass is 9.95. The zero-order valence-electron chi connectivity index (χ0n) is 26.2. The number of hydrogen-bond donors (Lipinski definition) is 2. The minimum Gasteiger partial charge on any atom is -0.371 e. The molecule has 11 nitrogen and oxygen atoms in total. The molecule has 2 N–H and O–H groups in total. The van der Waals surface area contributed by atoms with Gasteiger partial charge in [0.2, 0.25) is 11.8 Å². The standard InChI is InChI=1S/C35H42N6O5/c42-31-13-12-30(33(44)37-31)41-34(45)28-11-10-27(22-29(28)35(41)46)40-20-18-39(19-21-40)26-14-16-38(17-15-26)25-8-6-23(7-9-25)32(43)36-24-4-2-1-3-5-24/h6-11,22,24,26,30H,1-5,12-21H2,(H,36,43)(H,37,42,44). The van der Waals surface area contributed by atoms with Crippen LogP contribution in [-0.4, -0.2) is 96.7 Å². The number of rotatable bonds is 6. The zero-order valence-corrected chi connectivity index (χ0v) is 26.2. The fourth-order valence-corrected chi connectivity index (χ4v) is 7.83. The third-order valence-corrected chi connectivity index (χ3v) is 10.5. The SMILES string of the molecule is O=C1CCC(N2C(=O)c3ccc(N4CCN(C5CCN(c6ccc(C(=O)NC7CCCCC7)cc6)CC5)CC4)cc3C2=O)C(=O)N1. The molecular weight excluding hydrogens is 584 g/mol. The molecule has 242 valence electrons. The van der Waals surface area contributed by atoms with Gasteiger partial charge in [0, 0.05) is 74.7 Å². The summed E-state index contributed by atoms with van der Waals surface area (Å²) in [6.45, 7) is 5.43. The van der Waals surface area contributed by atoms with Crippen LogP contribution in [0.1, 0.15) is 88.9 Å². The minimum absolute atomic E-state index is 0.0328. The Morgan fingerprint density at radius 3 is 2.04 bits per heavy atom. The number of fused-ring (bicyclic) bond motifs is 1.